The van der Waals surface area contributed by atoms with Crippen LogP contribution in [0.3, 0.4) is 0 Å². The normalized spacial score (nSPS) is 10.6. The zero-order valence-electron chi connectivity index (χ0n) is 10.1. The lowest BCUT2D eigenvalue weighted by atomic mass is 10.2. The zero-order chi connectivity index (χ0) is 12.8. The molecule has 6 nitrogen and oxygen atoms in total. The summed E-state index contributed by atoms with van der Waals surface area (Å²) >= 11 is 0. The largest absolute Gasteiger partial charge is 0.396 e. The molecule has 17 heavy (non-hydrogen) atoms. The van der Waals surface area contributed by atoms with Crippen LogP contribution in [0.1, 0.15) is 30.8 Å². The van der Waals surface area contributed by atoms with Crippen LogP contribution < -0.4 is 5.73 Å². The van der Waals surface area contributed by atoms with Gasteiger partial charge in [0.2, 0.25) is 0 Å². The number of nitrogens with zero attached hydrogens (tertiary/aromatic N) is 3. The Morgan fingerprint density at radius 1 is 1.53 bits per heavy atom. The number of aliphatic hydroxyl groups excluding tert-OH is 1. The summed E-state index contributed by atoms with van der Waals surface area (Å²) in [4.78, 5) is 21.6. The van der Waals surface area contributed by atoms with Crippen molar-refractivity contribution in [3.05, 3.63) is 18.1 Å². The molecule has 1 aromatic heterocycles. The number of nitrogen functional groups attached to an aromatic ring is 1. The molecule has 1 aromatic rings. The second-order valence-electron chi connectivity index (χ2n) is 4.00. The van der Waals surface area contributed by atoms with Crippen LogP contribution in [0.5, 0.6) is 0 Å². The van der Waals surface area contributed by atoms with E-state index in [4.69, 9.17) is 10.8 Å². The zero-order valence-corrected chi connectivity index (χ0v) is 10.1. The van der Waals surface area contributed by atoms with Gasteiger partial charge in [-0.3, -0.25) is 9.78 Å². The third-order valence-corrected chi connectivity index (χ3v) is 2.31. The molecule has 0 spiro atoms. The van der Waals surface area contributed by atoms with E-state index in [2.05, 4.69) is 9.97 Å². The Morgan fingerprint density at radius 2 is 2.24 bits per heavy atom. The van der Waals surface area contributed by atoms with Gasteiger partial charge in [0.05, 0.1) is 12.4 Å². The highest BCUT2D eigenvalue weighted by Gasteiger charge is 2.19. The molecule has 0 saturated heterocycles. The van der Waals surface area contributed by atoms with E-state index >= 15 is 0 Å². The van der Waals surface area contributed by atoms with Gasteiger partial charge in [-0.2, -0.15) is 0 Å². The van der Waals surface area contributed by atoms with Gasteiger partial charge >= 0.3 is 0 Å². The number of amides is 1. The lowest BCUT2D eigenvalue weighted by molar-refractivity contribution is 0.0686. The van der Waals surface area contributed by atoms with Crippen LogP contribution >= 0.6 is 0 Å². The molecule has 0 aromatic carbocycles. The van der Waals surface area contributed by atoms with E-state index in [9.17, 15) is 4.79 Å². The first-order valence-corrected chi connectivity index (χ1v) is 5.55. The van der Waals surface area contributed by atoms with Crippen LogP contribution in [-0.2, 0) is 0 Å². The first kappa shape index (κ1) is 13.4. The summed E-state index contributed by atoms with van der Waals surface area (Å²) in [7, 11) is 0. The molecular formula is C11H18N4O2. The highest BCUT2D eigenvalue weighted by atomic mass is 16.3. The average molecular weight is 238 g/mol. The number of aromatic nitrogens is 2. The maximum atomic E-state index is 12.1. The number of anilines is 1. The Hall–Kier alpha value is -1.69. The van der Waals surface area contributed by atoms with Gasteiger partial charge in [-0.1, -0.05) is 0 Å². The van der Waals surface area contributed by atoms with Crippen LogP contribution in [0.4, 0.5) is 5.82 Å². The van der Waals surface area contributed by atoms with Gasteiger partial charge in [-0.05, 0) is 20.3 Å². The second-order valence-corrected chi connectivity index (χ2v) is 4.00. The van der Waals surface area contributed by atoms with Crippen molar-refractivity contribution in [3.8, 4) is 0 Å². The van der Waals surface area contributed by atoms with Gasteiger partial charge < -0.3 is 15.7 Å². The van der Waals surface area contributed by atoms with E-state index in [0.717, 1.165) is 0 Å². The number of aliphatic hydroxyl groups is 1. The monoisotopic (exact) mass is 238 g/mol. The van der Waals surface area contributed by atoms with Crippen molar-refractivity contribution in [2.24, 2.45) is 0 Å². The van der Waals surface area contributed by atoms with Gasteiger partial charge in [0.25, 0.3) is 5.91 Å². The molecule has 3 N–H and O–H groups in total. The summed E-state index contributed by atoms with van der Waals surface area (Å²) < 4.78 is 0. The molecule has 0 unspecified atom stereocenters. The van der Waals surface area contributed by atoms with Crippen LogP contribution in [0.25, 0.3) is 0 Å². The molecule has 0 aliphatic heterocycles. The fourth-order valence-electron chi connectivity index (χ4n) is 1.47. The lowest BCUT2D eigenvalue weighted by Crippen LogP contribution is -2.38. The number of carbonyl (C=O) groups is 1. The molecule has 1 amide bonds. The Morgan fingerprint density at radius 3 is 2.76 bits per heavy atom. The Kier molecular flexibility index (Phi) is 4.84. The van der Waals surface area contributed by atoms with Gasteiger partial charge in [0.1, 0.15) is 11.5 Å². The quantitative estimate of drug-likeness (QED) is 0.769. The van der Waals surface area contributed by atoms with Crippen molar-refractivity contribution in [1.29, 1.82) is 0 Å². The summed E-state index contributed by atoms with van der Waals surface area (Å²) in [5.41, 5.74) is 5.72. The fraction of sp³-hybridized carbons (Fsp3) is 0.545. The second kappa shape index (κ2) is 6.15. The number of nitrogens with two attached hydrogens (primary N) is 1. The smallest absolute Gasteiger partial charge is 0.274 e. The minimum Gasteiger partial charge on any atom is -0.396 e. The highest BCUT2D eigenvalue weighted by Crippen LogP contribution is 2.07. The van der Waals surface area contributed by atoms with Crippen molar-refractivity contribution in [1.82, 2.24) is 14.9 Å². The molecule has 0 fully saturated rings. The van der Waals surface area contributed by atoms with Crippen molar-refractivity contribution in [2.45, 2.75) is 26.3 Å². The van der Waals surface area contributed by atoms with Crippen molar-refractivity contribution in [3.63, 3.8) is 0 Å². The molecule has 0 atom stereocenters. The summed E-state index contributed by atoms with van der Waals surface area (Å²) in [5, 5.41) is 8.81. The van der Waals surface area contributed by atoms with E-state index in [0.29, 0.717) is 13.0 Å². The standard InChI is InChI=1S/C11H18N4O2/c1-8(2)15(4-3-5-16)11(17)9-6-13-7-10(12)14-9/h6-8,16H,3-5H2,1-2H3,(H2,12,14). The van der Waals surface area contributed by atoms with E-state index in [-0.39, 0.29) is 30.1 Å². The highest BCUT2D eigenvalue weighted by molar-refractivity contribution is 5.92. The van der Waals surface area contributed by atoms with Crippen LogP contribution in [0.15, 0.2) is 12.4 Å². The molecule has 1 rings (SSSR count). The molecule has 94 valence electrons. The Balaban J connectivity index is 2.84. The van der Waals surface area contributed by atoms with Gasteiger partial charge in [0.15, 0.2) is 0 Å². The fourth-order valence-corrected chi connectivity index (χ4v) is 1.47. The van der Waals surface area contributed by atoms with Gasteiger partial charge in [-0.15, -0.1) is 0 Å². The summed E-state index contributed by atoms with van der Waals surface area (Å²) in [6.07, 6.45) is 3.33. The number of carbonyl (C=O) groups excluding carboxylic acids is 1. The summed E-state index contributed by atoms with van der Waals surface area (Å²) in [6.45, 7) is 4.37. The molecular weight excluding hydrogens is 220 g/mol. The first-order valence-electron chi connectivity index (χ1n) is 5.55. The molecule has 0 bridgehead atoms. The predicted molar refractivity (Wildman–Crippen MR) is 64.3 cm³/mol. The first-order chi connectivity index (χ1) is 8.06. The van der Waals surface area contributed by atoms with E-state index in [1.165, 1.54) is 12.4 Å². The molecule has 0 saturated carbocycles. The lowest BCUT2D eigenvalue weighted by Gasteiger charge is -2.26. The minimum absolute atomic E-state index is 0.0391. The van der Waals surface area contributed by atoms with Crippen molar-refractivity contribution >= 4 is 11.7 Å². The molecule has 1 heterocycles. The molecule has 6 heteroatoms. The van der Waals surface area contributed by atoms with Gasteiger partial charge in [-0.25, -0.2) is 4.98 Å². The van der Waals surface area contributed by atoms with Crippen molar-refractivity contribution in [2.75, 3.05) is 18.9 Å². The third kappa shape index (κ3) is 3.67. The van der Waals surface area contributed by atoms with Crippen LogP contribution in [-0.4, -0.2) is 45.1 Å². The molecule has 0 aliphatic rings. The van der Waals surface area contributed by atoms with Crippen LogP contribution in [0, 0.1) is 0 Å². The van der Waals surface area contributed by atoms with E-state index in [1.807, 2.05) is 13.8 Å². The van der Waals surface area contributed by atoms with Crippen molar-refractivity contribution < 1.29 is 9.90 Å². The Labute approximate surface area is 100 Å². The summed E-state index contributed by atoms with van der Waals surface area (Å²) in [5.74, 6) is 0.00923. The number of hydrogen-bond acceptors (Lipinski definition) is 5. The topological polar surface area (TPSA) is 92.3 Å². The summed E-state index contributed by atoms with van der Waals surface area (Å²) in [6, 6.07) is 0.0391. The van der Waals surface area contributed by atoms with E-state index in [1.54, 1.807) is 4.90 Å². The maximum absolute atomic E-state index is 12.1. The SMILES string of the molecule is CC(C)N(CCCO)C(=O)c1cncc(N)n1. The minimum atomic E-state index is -0.215. The number of hydrogen-bond donors (Lipinski definition) is 2. The van der Waals surface area contributed by atoms with E-state index < -0.39 is 0 Å². The average Bonchev–Trinajstić information content (AvgIpc) is 2.29. The number of rotatable bonds is 5. The third-order valence-electron chi connectivity index (χ3n) is 2.31. The van der Waals surface area contributed by atoms with Gasteiger partial charge in [0, 0.05) is 19.2 Å². The maximum Gasteiger partial charge on any atom is 0.274 e. The van der Waals surface area contributed by atoms with Crippen LogP contribution in [0.2, 0.25) is 0 Å². The Bertz CT molecular complexity index is 381. The molecule has 0 aliphatic carbocycles. The molecule has 0 radical (unpaired) electrons. The predicted octanol–water partition coefficient (Wildman–Crippen LogP) is 0.292.